The first-order valence-corrected chi connectivity index (χ1v) is 19.5. The number of likely N-dealkylation sites (tertiary alicyclic amines) is 2. The van der Waals surface area contributed by atoms with Gasteiger partial charge in [0.2, 0.25) is 29.5 Å². The summed E-state index contributed by atoms with van der Waals surface area (Å²) in [5.74, 6) is -1.65. The Hall–Kier alpha value is -4.07. The van der Waals surface area contributed by atoms with E-state index in [1.807, 2.05) is 61.2 Å². The maximum absolute atomic E-state index is 14.2. The number of carbonyl (C=O) groups excluding carboxylic acids is 5. The van der Waals surface area contributed by atoms with Gasteiger partial charge in [-0.05, 0) is 82.4 Å². The van der Waals surface area contributed by atoms with Gasteiger partial charge in [0, 0.05) is 44.6 Å². The first kappa shape index (κ1) is 41.7. The molecule has 3 aliphatic rings. The highest BCUT2D eigenvalue weighted by molar-refractivity contribution is 5.93. The first-order chi connectivity index (χ1) is 25.5. The molecule has 4 rings (SSSR count). The highest BCUT2D eigenvalue weighted by Crippen LogP contribution is 2.28. The van der Waals surface area contributed by atoms with Crippen molar-refractivity contribution in [2.75, 3.05) is 39.3 Å². The van der Waals surface area contributed by atoms with E-state index in [-0.39, 0.29) is 48.7 Å². The number of allylic oxidation sites excluding steroid dienone is 3. The van der Waals surface area contributed by atoms with E-state index in [4.69, 9.17) is 17.2 Å². The number of piperidine rings is 1. The maximum Gasteiger partial charge on any atom is 0.245 e. The molecule has 1 aromatic carbocycles. The Morgan fingerprint density at radius 3 is 2.36 bits per heavy atom. The Morgan fingerprint density at radius 1 is 0.981 bits per heavy atom. The summed E-state index contributed by atoms with van der Waals surface area (Å²) in [6, 6.07) is 7.28. The third-order valence-corrected chi connectivity index (χ3v) is 10.6. The number of carbonyl (C=O) groups is 5. The summed E-state index contributed by atoms with van der Waals surface area (Å²) < 4.78 is 0. The number of nitrogens with one attached hydrogen (secondary N) is 2. The van der Waals surface area contributed by atoms with E-state index in [0.29, 0.717) is 51.9 Å². The zero-order chi connectivity index (χ0) is 38.3. The van der Waals surface area contributed by atoms with Crippen LogP contribution in [0.4, 0.5) is 0 Å². The monoisotopic (exact) mass is 734 g/mol. The highest BCUT2D eigenvalue weighted by atomic mass is 16.2. The van der Waals surface area contributed by atoms with E-state index in [0.717, 1.165) is 56.2 Å². The number of amides is 5. The molecule has 53 heavy (non-hydrogen) atoms. The van der Waals surface area contributed by atoms with Gasteiger partial charge in [0.1, 0.15) is 12.1 Å². The maximum atomic E-state index is 14.2. The fraction of sp³-hybridized carbons (Fsp3) is 0.625. The molecule has 0 radical (unpaired) electrons. The molecule has 0 bridgehead atoms. The quantitative estimate of drug-likeness (QED) is 0.142. The summed E-state index contributed by atoms with van der Waals surface area (Å²) in [6.07, 6.45) is 13.2. The number of hydrogen-bond acceptors (Lipinski definition) is 8. The van der Waals surface area contributed by atoms with Crippen LogP contribution in [0.2, 0.25) is 0 Å². The Morgan fingerprint density at radius 2 is 1.72 bits per heavy atom. The molecule has 5 amide bonds. The minimum absolute atomic E-state index is 0.0623. The van der Waals surface area contributed by atoms with Crippen molar-refractivity contribution in [3.05, 3.63) is 59.7 Å². The van der Waals surface area contributed by atoms with Gasteiger partial charge in [-0.1, -0.05) is 68.0 Å². The number of nitrogens with zero attached hydrogens (tertiary/aromatic N) is 3. The summed E-state index contributed by atoms with van der Waals surface area (Å²) >= 11 is 0. The lowest BCUT2D eigenvalue weighted by Gasteiger charge is -2.42. The molecule has 0 saturated carbocycles. The number of rotatable bonds is 19. The normalized spacial score (nSPS) is 19.7. The smallest absolute Gasteiger partial charge is 0.245 e. The van der Waals surface area contributed by atoms with Crippen molar-refractivity contribution in [2.24, 2.45) is 23.1 Å². The average molecular weight is 735 g/mol. The summed E-state index contributed by atoms with van der Waals surface area (Å²) in [4.78, 5) is 72.7. The van der Waals surface area contributed by atoms with Crippen molar-refractivity contribution < 1.29 is 24.0 Å². The highest BCUT2D eigenvalue weighted by Gasteiger charge is 2.38. The van der Waals surface area contributed by atoms with Crippen molar-refractivity contribution in [1.82, 2.24) is 25.3 Å². The third kappa shape index (κ3) is 12.8. The molecule has 2 saturated heterocycles. The van der Waals surface area contributed by atoms with Crippen LogP contribution in [0.25, 0.3) is 0 Å². The molecular weight excluding hydrogens is 672 g/mol. The van der Waals surface area contributed by atoms with E-state index in [9.17, 15) is 24.0 Å². The molecule has 4 atom stereocenters. The van der Waals surface area contributed by atoms with Crippen LogP contribution in [0.3, 0.4) is 0 Å². The van der Waals surface area contributed by atoms with E-state index < -0.39 is 29.9 Å². The van der Waals surface area contributed by atoms with Crippen LogP contribution < -0.4 is 27.8 Å². The lowest BCUT2D eigenvalue weighted by molar-refractivity contribution is -0.147. The number of nitrogens with two attached hydrogens (primary N) is 3. The van der Waals surface area contributed by atoms with Crippen molar-refractivity contribution in [3.8, 4) is 0 Å². The standard InChI is InChI=1S/C40H62N8O5/c1-28(2)27-48(35(16-9-19-41)40(53)46-21-17-31(18-22-46)47-20-10-15-32(47)25-36(43)49)37(50)26-44-39(52)34(24-30-13-7-4-8-14-30)45-38(51)33(42)23-29-11-5-3-6-12-29/h3-5,7-8,11,13-14,28,31-35H,6,9-10,12,15-27,41-42H2,1-2H3,(H2,43,49)(H,44,52)(H,45,51)/t32-,33+,34+,35+/m0/s1. The van der Waals surface area contributed by atoms with E-state index in [1.54, 1.807) is 4.90 Å². The van der Waals surface area contributed by atoms with Crippen LogP contribution in [-0.4, -0.2) is 114 Å². The van der Waals surface area contributed by atoms with Gasteiger partial charge >= 0.3 is 0 Å². The number of benzene rings is 1. The van der Waals surface area contributed by atoms with Gasteiger partial charge in [-0.2, -0.15) is 0 Å². The van der Waals surface area contributed by atoms with Crippen LogP contribution in [-0.2, 0) is 30.4 Å². The third-order valence-electron chi connectivity index (χ3n) is 10.6. The average Bonchev–Trinajstić information content (AvgIpc) is 3.61. The zero-order valence-corrected chi connectivity index (χ0v) is 31.7. The topological polar surface area (TPSA) is 197 Å². The molecule has 0 aromatic heterocycles. The molecule has 1 aliphatic carbocycles. The fourth-order valence-corrected chi connectivity index (χ4v) is 7.86. The van der Waals surface area contributed by atoms with Gasteiger partial charge in [-0.3, -0.25) is 28.9 Å². The molecule has 8 N–H and O–H groups in total. The van der Waals surface area contributed by atoms with Crippen LogP contribution in [0, 0.1) is 5.92 Å². The second-order valence-corrected chi connectivity index (χ2v) is 15.2. The second-order valence-electron chi connectivity index (χ2n) is 15.2. The Balaban J connectivity index is 1.42. The molecule has 13 nitrogen and oxygen atoms in total. The molecule has 13 heteroatoms. The van der Waals surface area contributed by atoms with E-state index in [2.05, 4.69) is 21.6 Å². The van der Waals surface area contributed by atoms with Crippen LogP contribution in [0.15, 0.2) is 54.1 Å². The van der Waals surface area contributed by atoms with Gasteiger partial charge < -0.3 is 37.6 Å². The summed E-state index contributed by atoms with van der Waals surface area (Å²) in [7, 11) is 0. The molecular formula is C40H62N8O5. The van der Waals surface area contributed by atoms with Crippen molar-refractivity contribution in [2.45, 2.75) is 115 Å². The summed E-state index contributed by atoms with van der Waals surface area (Å²) in [5, 5.41) is 5.61. The first-order valence-electron chi connectivity index (χ1n) is 19.5. The predicted octanol–water partition coefficient (Wildman–Crippen LogP) is 1.75. The van der Waals surface area contributed by atoms with Crippen molar-refractivity contribution in [1.29, 1.82) is 0 Å². The molecule has 1 aromatic rings. The van der Waals surface area contributed by atoms with Gasteiger partial charge in [-0.15, -0.1) is 0 Å². The zero-order valence-electron chi connectivity index (χ0n) is 31.7. The lowest BCUT2D eigenvalue weighted by Crippen LogP contribution is -2.57. The molecule has 2 heterocycles. The van der Waals surface area contributed by atoms with E-state index in [1.165, 1.54) is 0 Å². The Labute approximate surface area is 315 Å². The molecule has 292 valence electrons. The van der Waals surface area contributed by atoms with Crippen LogP contribution in [0.1, 0.15) is 83.6 Å². The van der Waals surface area contributed by atoms with Gasteiger partial charge in [-0.25, -0.2) is 0 Å². The molecule has 2 fully saturated rings. The minimum atomic E-state index is -0.961. The van der Waals surface area contributed by atoms with E-state index >= 15 is 0 Å². The Kier molecular flexibility index (Phi) is 16.5. The number of hydrogen-bond donors (Lipinski definition) is 5. The van der Waals surface area contributed by atoms with Crippen LogP contribution >= 0.6 is 0 Å². The molecule has 2 aliphatic heterocycles. The minimum Gasteiger partial charge on any atom is -0.370 e. The Bertz CT molecular complexity index is 1440. The van der Waals surface area contributed by atoms with Gasteiger partial charge in [0.15, 0.2) is 0 Å². The lowest BCUT2D eigenvalue weighted by atomic mass is 9.97. The van der Waals surface area contributed by atoms with Crippen molar-refractivity contribution in [3.63, 3.8) is 0 Å². The summed E-state index contributed by atoms with van der Waals surface area (Å²) in [5.41, 5.74) is 19.6. The summed E-state index contributed by atoms with van der Waals surface area (Å²) in [6.45, 7) is 6.39. The molecule has 0 spiro atoms. The van der Waals surface area contributed by atoms with Crippen molar-refractivity contribution >= 4 is 29.5 Å². The predicted molar refractivity (Wildman–Crippen MR) is 206 cm³/mol. The number of primary amides is 1. The molecule has 0 unspecified atom stereocenters. The van der Waals surface area contributed by atoms with Gasteiger partial charge in [0.05, 0.1) is 12.6 Å². The second kappa shape index (κ2) is 21.0. The fourth-order valence-electron chi connectivity index (χ4n) is 7.86. The largest absolute Gasteiger partial charge is 0.370 e. The van der Waals surface area contributed by atoms with Crippen LogP contribution in [0.5, 0.6) is 0 Å². The SMILES string of the molecule is CC(C)CN(C(=O)CNC(=O)[C@@H](Cc1ccccc1)NC(=O)[C@H](N)CC1=CC=CCC1)[C@H](CCCN)C(=O)N1CCC(N2CCC[C@H]2CC(N)=O)CC1. The van der Waals surface area contributed by atoms with Gasteiger partial charge in [0.25, 0.3) is 0 Å².